The molecule has 0 amide bonds. The highest BCUT2D eigenvalue weighted by Crippen LogP contribution is 2.37. The van der Waals surface area contributed by atoms with Gasteiger partial charge in [0.1, 0.15) is 18.1 Å². The highest BCUT2D eigenvalue weighted by atomic mass is 19.4. The van der Waals surface area contributed by atoms with Gasteiger partial charge in [-0.1, -0.05) is 17.7 Å². The maximum absolute atomic E-state index is 13.3. The van der Waals surface area contributed by atoms with Gasteiger partial charge in [0.2, 0.25) is 0 Å². The molecule has 3 rings (SSSR count). The summed E-state index contributed by atoms with van der Waals surface area (Å²) in [6.45, 7) is 1.30. The zero-order chi connectivity index (χ0) is 20.5. The van der Waals surface area contributed by atoms with E-state index in [1.54, 1.807) is 25.1 Å². The maximum atomic E-state index is 13.3. The number of methoxy groups -OCH3 is 1. The smallest absolute Gasteiger partial charge is 0.419 e. The summed E-state index contributed by atoms with van der Waals surface area (Å²) in [6, 6.07) is 8.64. The third-order valence-corrected chi connectivity index (χ3v) is 4.09. The minimum absolute atomic E-state index is 0.269. The van der Waals surface area contributed by atoms with Crippen molar-refractivity contribution in [3.63, 3.8) is 0 Å². The van der Waals surface area contributed by atoms with Crippen molar-refractivity contribution in [2.45, 2.75) is 19.7 Å². The summed E-state index contributed by atoms with van der Waals surface area (Å²) in [4.78, 5) is 12.2. The van der Waals surface area contributed by atoms with Gasteiger partial charge in [0, 0.05) is 7.05 Å². The molecule has 148 valence electrons. The van der Waals surface area contributed by atoms with E-state index in [0.29, 0.717) is 22.6 Å². The molecule has 0 N–H and O–H groups in total. The lowest BCUT2D eigenvalue weighted by molar-refractivity contribution is -0.139. The number of benzene rings is 2. The Bertz CT molecular complexity index is 1060. The predicted molar refractivity (Wildman–Crippen MR) is 93.7 cm³/mol. The Hall–Kier alpha value is -3.30. The van der Waals surface area contributed by atoms with Crippen LogP contribution in [0.5, 0.6) is 11.5 Å². The minimum Gasteiger partial charge on any atom is -0.496 e. The van der Waals surface area contributed by atoms with Gasteiger partial charge in [0.15, 0.2) is 0 Å². The molecule has 1 heterocycles. The Labute approximate surface area is 157 Å². The second-order valence-corrected chi connectivity index (χ2v) is 6.04. The molecule has 0 aliphatic carbocycles. The average Bonchev–Trinajstić information content (AvgIpc) is 2.98. The summed E-state index contributed by atoms with van der Waals surface area (Å²) in [5.41, 5.74) is -0.260. The molecule has 3 aromatic rings. The molecule has 0 saturated heterocycles. The lowest BCUT2D eigenvalue weighted by atomic mass is 10.1. The van der Waals surface area contributed by atoms with Crippen molar-refractivity contribution in [1.29, 1.82) is 0 Å². The van der Waals surface area contributed by atoms with Crippen LogP contribution in [-0.4, -0.2) is 26.9 Å². The van der Waals surface area contributed by atoms with Crippen molar-refractivity contribution >= 4 is 0 Å². The van der Waals surface area contributed by atoms with E-state index >= 15 is 0 Å². The highest BCUT2D eigenvalue weighted by Gasteiger charge is 2.34. The maximum Gasteiger partial charge on any atom is 0.419 e. The molecular weight excluding hydrogens is 377 g/mol. The normalized spacial score (nSPS) is 11.5. The quantitative estimate of drug-likeness (QED) is 0.666. The molecule has 7 nitrogen and oxygen atoms in total. The van der Waals surface area contributed by atoms with Crippen molar-refractivity contribution in [2.75, 3.05) is 7.11 Å². The molecule has 2 aromatic carbocycles. The van der Waals surface area contributed by atoms with Crippen LogP contribution in [0.1, 0.15) is 16.7 Å². The number of alkyl halides is 3. The van der Waals surface area contributed by atoms with Gasteiger partial charge in [-0.3, -0.25) is 0 Å². The van der Waals surface area contributed by atoms with Crippen LogP contribution in [0.15, 0.2) is 41.2 Å². The predicted octanol–water partition coefficient (Wildman–Crippen LogP) is 2.88. The topological polar surface area (TPSA) is 71.2 Å². The second kappa shape index (κ2) is 7.37. The molecule has 0 radical (unpaired) electrons. The van der Waals surface area contributed by atoms with Gasteiger partial charge >= 0.3 is 11.9 Å². The van der Waals surface area contributed by atoms with Crippen LogP contribution in [-0.2, 0) is 19.8 Å². The van der Waals surface area contributed by atoms with Crippen molar-refractivity contribution in [3.8, 4) is 17.2 Å². The van der Waals surface area contributed by atoms with E-state index in [1.165, 1.54) is 26.3 Å². The standard InChI is InChI=1S/C18H17F3N4O3/c1-11-7-8-16(13(9-11)18(19,20)21)28-10-12-14(5-4-6-15(12)27-3)25-17(26)24(2)22-23-25/h4-9H,10H2,1-3H3. The van der Waals surface area contributed by atoms with Crippen LogP contribution in [0.3, 0.4) is 0 Å². The van der Waals surface area contributed by atoms with E-state index in [4.69, 9.17) is 9.47 Å². The molecule has 28 heavy (non-hydrogen) atoms. The first-order valence-corrected chi connectivity index (χ1v) is 8.18. The number of aromatic nitrogens is 4. The van der Waals surface area contributed by atoms with Crippen LogP contribution in [0, 0.1) is 6.92 Å². The second-order valence-electron chi connectivity index (χ2n) is 6.04. The number of hydrogen-bond acceptors (Lipinski definition) is 5. The van der Waals surface area contributed by atoms with Gasteiger partial charge in [-0.15, -0.1) is 0 Å². The fraction of sp³-hybridized carbons (Fsp3) is 0.278. The summed E-state index contributed by atoms with van der Waals surface area (Å²) in [6.07, 6.45) is -4.56. The Balaban J connectivity index is 2.02. The SMILES string of the molecule is COc1cccc(-n2nnn(C)c2=O)c1COc1ccc(C)cc1C(F)(F)F. The summed E-state index contributed by atoms with van der Waals surface area (Å²) < 4.78 is 52.8. The first-order valence-electron chi connectivity index (χ1n) is 8.18. The van der Waals surface area contributed by atoms with Gasteiger partial charge in [-0.25, -0.2) is 4.79 Å². The Morgan fingerprint density at radius 1 is 1.11 bits per heavy atom. The fourth-order valence-electron chi connectivity index (χ4n) is 2.69. The summed E-state index contributed by atoms with van der Waals surface area (Å²) in [5.74, 6) is 0.0252. The van der Waals surface area contributed by atoms with Crippen molar-refractivity contribution in [2.24, 2.45) is 7.05 Å². The molecule has 1 aromatic heterocycles. The minimum atomic E-state index is -4.56. The van der Waals surface area contributed by atoms with Gasteiger partial charge < -0.3 is 9.47 Å². The van der Waals surface area contributed by atoms with Crippen molar-refractivity contribution in [1.82, 2.24) is 19.8 Å². The van der Waals surface area contributed by atoms with Crippen molar-refractivity contribution < 1.29 is 22.6 Å². The Morgan fingerprint density at radius 3 is 2.46 bits per heavy atom. The molecule has 0 aliphatic rings. The molecule has 0 bridgehead atoms. The highest BCUT2D eigenvalue weighted by molar-refractivity contribution is 5.49. The molecule has 0 aliphatic heterocycles. The first-order chi connectivity index (χ1) is 13.2. The molecule has 0 atom stereocenters. The number of aryl methyl sites for hydroxylation is 2. The summed E-state index contributed by atoms with van der Waals surface area (Å²) in [5, 5.41) is 7.42. The Morgan fingerprint density at radius 2 is 1.86 bits per heavy atom. The number of tetrazole rings is 1. The number of nitrogens with zero attached hydrogens (tertiary/aromatic N) is 4. The van der Waals surface area contributed by atoms with Gasteiger partial charge in [-0.2, -0.15) is 22.5 Å². The lowest BCUT2D eigenvalue weighted by Crippen LogP contribution is -2.23. The van der Waals surface area contributed by atoms with Gasteiger partial charge in [0.05, 0.1) is 23.9 Å². The molecule has 0 spiro atoms. The van der Waals surface area contributed by atoms with Crippen LogP contribution in [0.25, 0.3) is 5.69 Å². The number of halogens is 3. The lowest BCUT2D eigenvalue weighted by Gasteiger charge is -2.17. The van der Waals surface area contributed by atoms with E-state index in [9.17, 15) is 18.0 Å². The largest absolute Gasteiger partial charge is 0.496 e. The number of ether oxygens (including phenoxy) is 2. The molecule has 0 unspecified atom stereocenters. The average molecular weight is 394 g/mol. The van der Waals surface area contributed by atoms with Crippen LogP contribution in [0.2, 0.25) is 0 Å². The number of rotatable bonds is 5. The zero-order valence-electron chi connectivity index (χ0n) is 15.3. The van der Waals surface area contributed by atoms with E-state index < -0.39 is 17.4 Å². The summed E-state index contributed by atoms with van der Waals surface area (Å²) >= 11 is 0. The molecule has 0 fully saturated rings. The van der Waals surface area contributed by atoms with E-state index in [2.05, 4.69) is 10.4 Å². The van der Waals surface area contributed by atoms with Crippen LogP contribution < -0.4 is 15.2 Å². The van der Waals surface area contributed by atoms with Crippen LogP contribution in [0.4, 0.5) is 13.2 Å². The number of hydrogen-bond donors (Lipinski definition) is 0. The third kappa shape index (κ3) is 3.71. The Kier molecular flexibility index (Phi) is 5.12. The van der Waals surface area contributed by atoms with E-state index in [0.717, 1.165) is 15.4 Å². The van der Waals surface area contributed by atoms with E-state index in [1.807, 2.05) is 0 Å². The van der Waals surface area contributed by atoms with Crippen molar-refractivity contribution in [3.05, 3.63) is 63.6 Å². The molecule has 10 heteroatoms. The van der Waals surface area contributed by atoms with Crippen LogP contribution >= 0.6 is 0 Å². The van der Waals surface area contributed by atoms with Gasteiger partial charge in [-0.05, 0) is 41.6 Å². The molecule has 0 saturated carbocycles. The zero-order valence-corrected chi connectivity index (χ0v) is 15.3. The van der Waals surface area contributed by atoms with Gasteiger partial charge in [0.25, 0.3) is 0 Å². The fourth-order valence-corrected chi connectivity index (χ4v) is 2.69. The monoisotopic (exact) mass is 394 g/mol. The molecular formula is C18H17F3N4O3. The van der Waals surface area contributed by atoms with E-state index in [-0.39, 0.29) is 12.4 Å². The third-order valence-electron chi connectivity index (χ3n) is 4.09. The summed E-state index contributed by atoms with van der Waals surface area (Å²) in [7, 11) is 2.85. The first kappa shape index (κ1) is 19.5.